The number of fused-ring (bicyclic) bond motifs is 1. The lowest BCUT2D eigenvalue weighted by molar-refractivity contribution is 0.0985. The van der Waals surface area contributed by atoms with Gasteiger partial charge in [-0.3, -0.25) is 0 Å². The van der Waals surface area contributed by atoms with E-state index in [9.17, 15) is 0 Å². The molecule has 7 nitrogen and oxygen atoms in total. The number of aromatic amines is 1. The van der Waals surface area contributed by atoms with Gasteiger partial charge in [0.25, 0.3) is 0 Å². The van der Waals surface area contributed by atoms with E-state index >= 15 is 0 Å². The highest BCUT2D eigenvalue weighted by atomic mass is 32.2. The maximum Gasteiger partial charge on any atom is 0.215 e. The number of rotatable bonds is 5. The van der Waals surface area contributed by atoms with Crippen molar-refractivity contribution in [2.75, 3.05) is 37.0 Å². The molecule has 0 radical (unpaired) electrons. The number of nitrogens with one attached hydrogen (secondary N) is 1. The molecule has 3 aromatic rings. The molecule has 0 aliphatic carbocycles. The number of H-pyrrole nitrogens is 1. The smallest absolute Gasteiger partial charge is 0.215 e. The van der Waals surface area contributed by atoms with Crippen molar-refractivity contribution >= 4 is 28.6 Å². The standard InChI is InChI=1S/C23H29N5O2S/c1-4-30-20-12-17(16-6-8-24-21(16)27-20)22-25-18(23(3)7-5-11-31-23)13-19(26-22)28-9-10-29-14-15(28)2/h6,8,12-13,15H,4-5,7,9-11,14H2,1-3H3,(H,24,27). The number of nitrogens with zero attached hydrogens (tertiary/aromatic N) is 4. The fourth-order valence-electron chi connectivity index (χ4n) is 4.44. The molecule has 2 fully saturated rings. The van der Waals surface area contributed by atoms with Gasteiger partial charge in [-0.25, -0.2) is 9.97 Å². The van der Waals surface area contributed by atoms with Gasteiger partial charge in [-0.2, -0.15) is 4.98 Å². The Bertz CT molecular complexity index is 1080. The summed E-state index contributed by atoms with van der Waals surface area (Å²) in [4.78, 5) is 20.3. The largest absolute Gasteiger partial charge is 0.478 e. The summed E-state index contributed by atoms with van der Waals surface area (Å²) in [5, 5.41) is 1.01. The van der Waals surface area contributed by atoms with E-state index in [0.717, 1.165) is 53.5 Å². The van der Waals surface area contributed by atoms with Crippen LogP contribution in [0.15, 0.2) is 24.4 Å². The molecule has 0 bridgehead atoms. The summed E-state index contributed by atoms with van der Waals surface area (Å²) in [6.07, 6.45) is 4.25. The fourth-order valence-corrected chi connectivity index (χ4v) is 5.72. The number of pyridine rings is 1. The Morgan fingerprint density at radius 2 is 2.23 bits per heavy atom. The third-order valence-electron chi connectivity index (χ3n) is 6.17. The van der Waals surface area contributed by atoms with Gasteiger partial charge in [-0.15, -0.1) is 11.8 Å². The number of thioether (sulfide) groups is 1. The minimum atomic E-state index is 0.00893. The van der Waals surface area contributed by atoms with Gasteiger partial charge in [0.2, 0.25) is 5.88 Å². The second-order valence-corrected chi connectivity index (χ2v) is 10.0. The minimum Gasteiger partial charge on any atom is -0.478 e. The van der Waals surface area contributed by atoms with Crippen LogP contribution < -0.4 is 9.64 Å². The highest BCUT2D eigenvalue weighted by Gasteiger charge is 2.35. The third kappa shape index (κ3) is 3.87. The molecule has 0 amide bonds. The summed E-state index contributed by atoms with van der Waals surface area (Å²) < 4.78 is 11.4. The van der Waals surface area contributed by atoms with Crippen LogP contribution in [0.4, 0.5) is 5.82 Å². The van der Waals surface area contributed by atoms with Gasteiger partial charge in [-0.1, -0.05) is 0 Å². The molecule has 2 aliphatic rings. The summed E-state index contributed by atoms with van der Waals surface area (Å²) in [5.74, 6) is 3.46. The lowest BCUT2D eigenvalue weighted by atomic mass is 10.0. The van der Waals surface area contributed by atoms with Crippen molar-refractivity contribution in [3.05, 3.63) is 30.1 Å². The Hall–Kier alpha value is -2.32. The molecule has 1 N–H and O–H groups in total. The maximum atomic E-state index is 5.74. The van der Waals surface area contributed by atoms with E-state index in [0.29, 0.717) is 19.1 Å². The van der Waals surface area contributed by atoms with Crippen LogP contribution in [0.3, 0.4) is 0 Å². The lowest BCUT2D eigenvalue weighted by Gasteiger charge is -2.35. The third-order valence-corrected chi connectivity index (χ3v) is 7.72. The molecule has 5 rings (SSSR count). The molecule has 0 saturated carbocycles. The van der Waals surface area contributed by atoms with Crippen molar-refractivity contribution in [3.8, 4) is 17.3 Å². The van der Waals surface area contributed by atoms with Gasteiger partial charge in [0.05, 0.1) is 36.3 Å². The van der Waals surface area contributed by atoms with Crippen LogP contribution in [-0.2, 0) is 9.48 Å². The van der Waals surface area contributed by atoms with Crippen LogP contribution >= 0.6 is 11.8 Å². The van der Waals surface area contributed by atoms with Gasteiger partial charge in [-0.05, 0) is 45.4 Å². The van der Waals surface area contributed by atoms with Crippen LogP contribution in [0.2, 0.25) is 0 Å². The topological polar surface area (TPSA) is 76.2 Å². The molecule has 0 spiro atoms. The summed E-state index contributed by atoms with van der Waals surface area (Å²) >= 11 is 2.00. The first-order valence-corrected chi connectivity index (χ1v) is 12.0. The number of hydrogen-bond acceptors (Lipinski definition) is 7. The zero-order chi connectivity index (χ0) is 21.4. The summed E-state index contributed by atoms with van der Waals surface area (Å²) in [6, 6.07) is 6.47. The molecular weight excluding hydrogens is 410 g/mol. The maximum absolute atomic E-state index is 5.74. The molecule has 31 heavy (non-hydrogen) atoms. The summed E-state index contributed by atoms with van der Waals surface area (Å²) in [7, 11) is 0. The Kier molecular flexibility index (Phi) is 5.52. The highest BCUT2D eigenvalue weighted by molar-refractivity contribution is 8.00. The molecule has 3 aromatic heterocycles. The Labute approximate surface area is 187 Å². The number of morpholine rings is 1. The van der Waals surface area contributed by atoms with Crippen LogP contribution in [0.1, 0.15) is 39.3 Å². The van der Waals surface area contributed by atoms with E-state index in [-0.39, 0.29) is 10.8 Å². The zero-order valence-electron chi connectivity index (χ0n) is 18.4. The van der Waals surface area contributed by atoms with Crippen molar-refractivity contribution < 1.29 is 9.47 Å². The molecule has 2 unspecified atom stereocenters. The predicted molar refractivity (Wildman–Crippen MR) is 125 cm³/mol. The molecule has 2 atom stereocenters. The van der Waals surface area contributed by atoms with Crippen molar-refractivity contribution in [2.45, 2.75) is 44.4 Å². The first-order chi connectivity index (χ1) is 15.1. The average Bonchev–Trinajstić information content (AvgIpc) is 3.43. The molecular formula is C23H29N5O2S. The monoisotopic (exact) mass is 439 g/mol. The van der Waals surface area contributed by atoms with Crippen LogP contribution in [-0.4, -0.2) is 58.1 Å². The average molecular weight is 440 g/mol. The van der Waals surface area contributed by atoms with Crippen molar-refractivity contribution in [1.29, 1.82) is 0 Å². The molecule has 0 aromatic carbocycles. The van der Waals surface area contributed by atoms with Gasteiger partial charge >= 0.3 is 0 Å². The van der Waals surface area contributed by atoms with Crippen LogP contribution in [0, 0.1) is 0 Å². The van der Waals surface area contributed by atoms with Crippen molar-refractivity contribution in [3.63, 3.8) is 0 Å². The van der Waals surface area contributed by atoms with E-state index in [4.69, 9.17) is 19.4 Å². The molecule has 8 heteroatoms. The highest BCUT2D eigenvalue weighted by Crippen LogP contribution is 2.46. The second-order valence-electron chi connectivity index (χ2n) is 8.42. The number of anilines is 1. The van der Waals surface area contributed by atoms with E-state index in [1.807, 2.05) is 37.0 Å². The number of aromatic nitrogens is 4. The van der Waals surface area contributed by atoms with E-state index in [1.165, 1.54) is 12.2 Å². The van der Waals surface area contributed by atoms with E-state index < -0.39 is 0 Å². The van der Waals surface area contributed by atoms with Gasteiger partial charge in [0, 0.05) is 35.8 Å². The van der Waals surface area contributed by atoms with E-state index in [2.05, 4.69) is 34.8 Å². The zero-order valence-corrected chi connectivity index (χ0v) is 19.2. The Morgan fingerprint density at radius 1 is 1.32 bits per heavy atom. The van der Waals surface area contributed by atoms with E-state index in [1.54, 1.807) is 0 Å². The summed E-state index contributed by atoms with van der Waals surface area (Å²) in [6.45, 7) is 9.30. The fraction of sp³-hybridized carbons (Fsp3) is 0.522. The molecule has 2 aliphatic heterocycles. The Balaban J connectivity index is 1.69. The first kappa shape index (κ1) is 20.6. The van der Waals surface area contributed by atoms with Gasteiger partial charge in [0.1, 0.15) is 11.5 Å². The minimum absolute atomic E-state index is 0.00893. The quantitative estimate of drug-likeness (QED) is 0.632. The molecule has 2 saturated heterocycles. The predicted octanol–water partition coefficient (Wildman–Crippen LogP) is 4.39. The normalized spacial score (nSPS) is 24.1. The summed E-state index contributed by atoms with van der Waals surface area (Å²) in [5.41, 5.74) is 2.84. The molecule has 5 heterocycles. The molecule has 164 valence electrons. The van der Waals surface area contributed by atoms with Gasteiger partial charge < -0.3 is 19.4 Å². The Morgan fingerprint density at radius 3 is 3.00 bits per heavy atom. The van der Waals surface area contributed by atoms with Crippen molar-refractivity contribution in [1.82, 2.24) is 19.9 Å². The number of hydrogen-bond donors (Lipinski definition) is 1. The lowest BCUT2D eigenvalue weighted by Crippen LogP contribution is -2.44. The first-order valence-electron chi connectivity index (χ1n) is 11.1. The SMILES string of the molecule is CCOc1cc(-c2nc(N3CCOCC3C)cc(C3(C)CCCS3)n2)c2cc[nH]c2n1. The van der Waals surface area contributed by atoms with Crippen LogP contribution in [0.5, 0.6) is 5.88 Å². The van der Waals surface area contributed by atoms with Crippen molar-refractivity contribution in [2.24, 2.45) is 0 Å². The van der Waals surface area contributed by atoms with Gasteiger partial charge in [0.15, 0.2) is 5.82 Å². The number of ether oxygens (including phenoxy) is 2. The second kappa shape index (κ2) is 8.31. The van der Waals surface area contributed by atoms with Crippen LogP contribution in [0.25, 0.3) is 22.4 Å².